The van der Waals surface area contributed by atoms with E-state index in [1.54, 1.807) is 24.3 Å². The van der Waals surface area contributed by atoms with Gasteiger partial charge in [-0.05, 0) is 35.4 Å². The number of ether oxygens (including phenoxy) is 3. The van der Waals surface area contributed by atoms with E-state index in [-0.39, 0.29) is 24.0 Å². The van der Waals surface area contributed by atoms with Crippen LogP contribution in [0.2, 0.25) is 0 Å². The molecule has 0 atom stereocenters. The van der Waals surface area contributed by atoms with Crippen molar-refractivity contribution in [2.24, 2.45) is 0 Å². The zero-order chi connectivity index (χ0) is 23.1. The van der Waals surface area contributed by atoms with Crippen molar-refractivity contribution in [3.05, 3.63) is 59.7 Å². The van der Waals surface area contributed by atoms with Crippen LogP contribution in [0.3, 0.4) is 0 Å². The van der Waals surface area contributed by atoms with Gasteiger partial charge < -0.3 is 24.4 Å². The number of carbonyl (C=O) groups is 2. The van der Waals surface area contributed by atoms with Crippen molar-refractivity contribution >= 4 is 11.9 Å². The van der Waals surface area contributed by atoms with Crippen molar-refractivity contribution in [1.29, 1.82) is 0 Å². The molecule has 0 unspecified atom stereocenters. The largest absolute Gasteiger partial charge is 0.482 e. The normalized spacial score (nSPS) is 11.7. The molecule has 0 saturated heterocycles. The molecular formula is C24H30O7. The molecule has 0 heterocycles. The Kier molecular flexibility index (Phi) is 8.05. The van der Waals surface area contributed by atoms with Gasteiger partial charge in [0.15, 0.2) is 13.2 Å². The van der Waals surface area contributed by atoms with E-state index in [9.17, 15) is 9.59 Å². The monoisotopic (exact) mass is 430 g/mol. The fourth-order valence-electron chi connectivity index (χ4n) is 3.02. The molecule has 7 heteroatoms. The minimum absolute atomic E-state index is 0.240. The lowest BCUT2D eigenvalue weighted by Gasteiger charge is -2.30. The van der Waals surface area contributed by atoms with Gasteiger partial charge in [-0.2, -0.15) is 0 Å². The van der Waals surface area contributed by atoms with Gasteiger partial charge in [-0.3, -0.25) is 0 Å². The van der Waals surface area contributed by atoms with Crippen LogP contribution in [-0.2, 0) is 25.2 Å². The molecule has 0 amide bonds. The number of benzene rings is 2. The van der Waals surface area contributed by atoms with Gasteiger partial charge in [0.1, 0.15) is 11.5 Å². The van der Waals surface area contributed by atoms with E-state index >= 15 is 0 Å². The summed E-state index contributed by atoms with van der Waals surface area (Å²) in [7, 11) is 0. The van der Waals surface area contributed by atoms with Crippen molar-refractivity contribution in [1.82, 2.24) is 0 Å². The molecule has 168 valence electrons. The van der Waals surface area contributed by atoms with Crippen molar-refractivity contribution in [2.75, 3.05) is 26.4 Å². The number of aliphatic carboxylic acids is 2. The second kappa shape index (κ2) is 10.3. The molecule has 0 aliphatic heterocycles. The van der Waals surface area contributed by atoms with E-state index in [1.165, 1.54) is 0 Å². The molecule has 0 saturated carbocycles. The molecule has 2 aromatic carbocycles. The SMILES string of the molecule is CC(C)(COCC(C)(C)c1ccc(OCC(=O)O)cc1)c1ccc(OCC(=O)O)cc1. The first-order chi connectivity index (χ1) is 14.5. The molecular weight excluding hydrogens is 400 g/mol. The van der Waals surface area contributed by atoms with Crippen LogP contribution in [0.25, 0.3) is 0 Å². The first-order valence-corrected chi connectivity index (χ1v) is 9.98. The summed E-state index contributed by atoms with van der Waals surface area (Å²) in [5.74, 6) is -0.995. The number of rotatable bonds is 12. The highest BCUT2D eigenvalue weighted by molar-refractivity contribution is 5.68. The van der Waals surface area contributed by atoms with Gasteiger partial charge in [-0.25, -0.2) is 9.59 Å². The summed E-state index contributed by atoms with van der Waals surface area (Å²) >= 11 is 0. The van der Waals surface area contributed by atoms with Crippen molar-refractivity contribution in [2.45, 2.75) is 38.5 Å². The van der Waals surface area contributed by atoms with Crippen LogP contribution in [0.5, 0.6) is 11.5 Å². The molecule has 0 spiro atoms. The minimum atomic E-state index is -1.01. The van der Waals surface area contributed by atoms with Crippen LogP contribution in [0.4, 0.5) is 0 Å². The molecule has 2 rings (SSSR count). The zero-order valence-corrected chi connectivity index (χ0v) is 18.4. The Balaban J connectivity index is 1.91. The van der Waals surface area contributed by atoms with Gasteiger partial charge in [0.2, 0.25) is 0 Å². The molecule has 2 N–H and O–H groups in total. The van der Waals surface area contributed by atoms with E-state index < -0.39 is 11.9 Å². The molecule has 7 nitrogen and oxygen atoms in total. The van der Waals surface area contributed by atoms with Gasteiger partial charge in [0, 0.05) is 10.8 Å². The zero-order valence-electron chi connectivity index (χ0n) is 18.4. The molecule has 0 fully saturated rings. The highest BCUT2D eigenvalue weighted by atomic mass is 16.5. The number of hydrogen-bond donors (Lipinski definition) is 2. The van der Waals surface area contributed by atoms with E-state index in [1.807, 2.05) is 24.3 Å². The number of carboxylic acid groups (broad SMARTS) is 2. The van der Waals surface area contributed by atoms with Crippen LogP contribution in [0, 0.1) is 0 Å². The van der Waals surface area contributed by atoms with E-state index in [0.29, 0.717) is 24.7 Å². The van der Waals surface area contributed by atoms with Crippen molar-refractivity contribution in [3.63, 3.8) is 0 Å². The second-order valence-corrected chi connectivity index (χ2v) is 8.67. The lowest BCUT2D eigenvalue weighted by atomic mass is 9.84. The Morgan fingerprint density at radius 1 is 0.677 bits per heavy atom. The first-order valence-electron chi connectivity index (χ1n) is 9.98. The minimum Gasteiger partial charge on any atom is -0.482 e. The Bertz CT molecular complexity index is 794. The predicted molar refractivity (Wildman–Crippen MR) is 116 cm³/mol. The lowest BCUT2D eigenvalue weighted by Crippen LogP contribution is -2.30. The third-order valence-electron chi connectivity index (χ3n) is 4.92. The van der Waals surface area contributed by atoms with Crippen LogP contribution in [0.15, 0.2) is 48.5 Å². The van der Waals surface area contributed by atoms with Crippen LogP contribution in [-0.4, -0.2) is 48.6 Å². The molecule has 2 aromatic rings. The van der Waals surface area contributed by atoms with Gasteiger partial charge in [-0.15, -0.1) is 0 Å². The van der Waals surface area contributed by atoms with Gasteiger partial charge in [0.25, 0.3) is 0 Å². The predicted octanol–water partition coefficient (Wildman–Crippen LogP) is 3.89. The summed E-state index contributed by atoms with van der Waals surface area (Å²) in [6.45, 7) is 8.62. The summed E-state index contributed by atoms with van der Waals surface area (Å²) in [4.78, 5) is 21.2. The van der Waals surface area contributed by atoms with Crippen molar-refractivity contribution < 1.29 is 34.0 Å². The third-order valence-corrected chi connectivity index (χ3v) is 4.92. The Morgan fingerprint density at radius 3 is 1.29 bits per heavy atom. The topological polar surface area (TPSA) is 102 Å². The fraction of sp³-hybridized carbons (Fsp3) is 0.417. The van der Waals surface area contributed by atoms with E-state index in [2.05, 4.69) is 27.7 Å². The van der Waals surface area contributed by atoms with Crippen molar-refractivity contribution in [3.8, 4) is 11.5 Å². The molecule has 0 aromatic heterocycles. The average molecular weight is 430 g/mol. The molecule has 0 bridgehead atoms. The second-order valence-electron chi connectivity index (χ2n) is 8.67. The number of carboxylic acids is 2. The number of hydrogen-bond acceptors (Lipinski definition) is 5. The smallest absolute Gasteiger partial charge is 0.341 e. The van der Waals surface area contributed by atoms with Crippen LogP contribution in [0.1, 0.15) is 38.8 Å². The third kappa shape index (κ3) is 7.61. The highest BCUT2D eigenvalue weighted by Gasteiger charge is 2.25. The highest BCUT2D eigenvalue weighted by Crippen LogP contribution is 2.29. The van der Waals surface area contributed by atoms with Crippen LogP contribution < -0.4 is 9.47 Å². The maximum Gasteiger partial charge on any atom is 0.341 e. The Hall–Kier alpha value is -3.06. The standard InChI is InChI=1S/C24H30O7/c1-23(2,17-5-9-19(10-6-17)30-13-21(25)26)15-29-16-24(3,4)18-7-11-20(12-8-18)31-14-22(27)28/h5-12H,13-16H2,1-4H3,(H,25,26)(H,27,28). The van der Waals surface area contributed by atoms with Gasteiger partial charge in [0.05, 0.1) is 13.2 Å². The molecule has 0 radical (unpaired) electrons. The van der Waals surface area contributed by atoms with E-state index in [4.69, 9.17) is 24.4 Å². The summed E-state index contributed by atoms with van der Waals surface area (Å²) in [5, 5.41) is 17.4. The van der Waals surface area contributed by atoms with Gasteiger partial charge in [-0.1, -0.05) is 52.0 Å². The first kappa shape index (κ1) is 24.2. The summed E-state index contributed by atoms with van der Waals surface area (Å²) in [6.07, 6.45) is 0. The maximum atomic E-state index is 10.6. The quantitative estimate of drug-likeness (QED) is 0.527. The average Bonchev–Trinajstić information content (AvgIpc) is 2.71. The van der Waals surface area contributed by atoms with E-state index in [0.717, 1.165) is 11.1 Å². The molecule has 31 heavy (non-hydrogen) atoms. The van der Waals surface area contributed by atoms with Gasteiger partial charge >= 0.3 is 11.9 Å². The Labute approximate surface area is 182 Å². The summed E-state index contributed by atoms with van der Waals surface area (Å²) in [6, 6.07) is 14.7. The summed E-state index contributed by atoms with van der Waals surface area (Å²) in [5.41, 5.74) is 1.65. The fourth-order valence-corrected chi connectivity index (χ4v) is 3.02. The molecule has 0 aliphatic carbocycles. The summed E-state index contributed by atoms with van der Waals surface area (Å²) < 4.78 is 16.4. The lowest BCUT2D eigenvalue weighted by molar-refractivity contribution is -0.140. The van der Waals surface area contributed by atoms with Crippen LogP contribution >= 0.6 is 0 Å². The molecule has 0 aliphatic rings. The Morgan fingerprint density at radius 2 is 1.00 bits per heavy atom. The maximum absolute atomic E-state index is 10.6.